The average molecular weight is 1200 g/mol. The van der Waals surface area contributed by atoms with E-state index in [1.807, 2.05) is 0 Å². The zero-order valence-electron chi connectivity index (χ0n) is 57.9. The molecule has 0 saturated heterocycles. The number of amides is 1. The molecule has 1 amide bonds. The maximum atomic E-state index is 12.5. The van der Waals surface area contributed by atoms with Gasteiger partial charge < -0.3 is 20.3 Å². The van der Waals surface area contributed by atoms with Crippen LogP contribution < -0.4 is 5.32 Å². The lowest BCUT2D eigenvalue weighted by atomic mass is 10.0. The third-order valence-corrected chi connectivity index (χ3v) is 18.5. The quantitative estimate of drug-likeness (QED) is 0.0320. The van der Waals surface area contributed by atoms with Crippen molar-refractivity contribution in [1.82, 2.24) is 5.32 Å². The predicted octanol–water partition coefficient (Wildman–Crippen LogP) is 25.7. The summed E-state index contributed by atoms with van der Waals surface area (Å²) in [7, 11) is 0. The van der Waals surface area contributed by atoms with Crippen LogP contribution in [0.3, 0.4) is 0 Å². The highest BCUT2D eigenvalue weighted by Crippen LogP contribution is 2.20. The van der Waals surface area contributed by atoms with E-state index in [1.165, 1.54) is 360 Å². The summed E-state index contributed by atoms with van der Waals surface area (Å²) in [5.74, 6) is -0.0107. The highest BCUT2D eigenvalue weighted by molar-refractivity contribution is 5.76. The first-order valence-electron chi connectivity index (χ1n) is 39.1. The van der Waals surface area contributed by atoms with Gasteiger partial charge in [-0.25, -0.2) is 0 Å². The molecule has 0 fully saturated rings. The van der Waals surface area contributed by atoms with Crippen molar-refractivity contribution in [3.8, 4) is 0 Å². The van der Waals surface area contributed by atoms with Crippen LogP contribution in [0.2, 0.25) is 0 Å². The number of carbonyl (C=O) groups excluding carboxylic acids is 2. The molecular formula is C79H153NO5. The largest absolute Gasteiger partial charge is 0.466 e. The molecule has 2 atom stereocenters. The minimum atomic E-state index is -0.661. The molecule has 2 unspecified atom stereocenters. The Morgan fingerprint density at radius 1 is 0.329 bits per heavy atom. The molecule has 85 heavy (non-hydrogen) atoms. The lowest BCUT2D eigenvalue weighted by molar-refractivity contribution is -0.143. The van der Waals surface area contributed by atoms with Gasteiger partial charge in [0.25, 0.3) is 0 Å². The molecule has 0 saturated carbocycles. The fourth-order valence-corrected chi connectivity index (χ4v) is 12.6. The number of hydrogen-bond acceptors (Lipinski definition) is 5. The molecular weight excluding hydrogens is 1040 g/mol. The minimum Gasteiger partial charge on any atom is -0.466 e. The molecule has 0 aromatic heterocycles. The third-order valence-electron chi connectivity index (χ3n) is 18.5. The number of aliphatic hydroxyl groups is 2. The Kier molecular flexibility index (Phi) is 73.3. The number of hydrogen-bond donors (Lipinski definition) is 3. The van der Waals surface area contributed by atoms with E-state index in [1.54, 1.807) is 0 Å². The van der Waals surface area contributed by atoms with E-state index >= 15 is 0 Å². The van der Waals surface area contributed by atoms with E-state index in [2.05, 4.69) is 43.5 Å². The van der Waals surface area contributed by atoms with Gasteiger partial charge in [-0.2, -0.15) is 0 Å². The maximum absolute atomic E-state index is 12.5. The van der Waals surface area contributed by atoms with Crippen LogP contribution in [0, 0.1) is 0 Å². The standard InChI is InChI=1S/C79H153NO5/c1-3-5-7-9-11-13-15-17-19-21-41-45-49-53-57-61-65-69-73-79(84)85-74-70-66-62-58-54-50-46-42-38-36-34-32-30-28-26-24-22-23-25-27-29-31-33-35-37-40-44-48-52-56-60-64-68-72-78(83)80-76(75-81)77(82)71-67-63-59-55-51-47-43-39-20-18-16-14-12-10-8-6-4-2/h13,15,19,21,76-77,81-82H,3-12,14,16-18,20,22-75H2,1-2H3,(H,80,83)/b15-13-,21-19-. The van der Waals surface area contributed by atoms with Crippen molar-refractivity contribution >= 4 is 11.9 Å². The van der Waals surface area contributed by atoms with Crippen molar-refractivity contribution in [2.45, 2.75) is 456 Å². The van der Waals surface area contributed by atoms with Gasteiger partial charge in [0.15, 0.2) is 0 Å². The number of carbonyl (C=O) groups is 2. The Bertz CT molecular complexity index is 1330. The Labute approximate surface area is 532 Å². The van der Waals surface area contributed by atoms with Crippen LogP contribution in [-0.2, 0) is 14.3 Å². The van der Waals surface area contributed by atoms with Crippen molar-refractivity contribution in [1.29, 1.82) is 0 Å². The summed E-state index contributed by atoms with van der Waals surface area (Å²) in [6.45, 7) is 4.98. The van der Waals surface area contributed by atoms with Gasteiger partial charge in [-0.3, -0.25) is 9.59 Å². The molecule has 0 aliphatic heterocycles. The van der Waals surface area contributed by atoms with Gasteiger partial charge in [-0.05, 0) is 57.8 Å². The maximum Gasteiger partial charge on any atom is 0.305 e. The van der Waals surface area contributed by atoms with E-state index in [-0.39, 0.29) is 18.5 Å². The Morgan fingerprint density at radius 3 is 0.906 bits per heavy atom. The number of ether oxygens (including phenoxy) is 1. The normalized spacial score (nSPS) is 12.6. The fraction of sp³-hybridized carbons (Fsp3) is 0.924. The predicted molar refractivity (Wildman–Crippen MR) is 375 cm³/mol. The Balaban J connectivity index is 3.31. The van der Waals surface area contributed by atoms with Crippen molar-refractivity contribution in [3.05, 3.63) is 24.3 Å². The summed E-state index contributed by atoms with van der Waals surface area (Å²) >= 11 is 0. The van der Waals surface area contributed by atoms with Crippen LogP contribution in [0.25, 0.3) is 0 Å². The van der Waals surface area contributed by atoms with Crippen molar-refractivity contribution < 1.29 is 24.5 Å². The first kappa shape index (κ1) is 83.3. The monoisotopic (exact) mass is 1200 g/mol. The molecule has 0 bridgehead atoms. The summed E-state index contributed by atoms with van der Waals surface area (Å²) in [5, 5.41) is 23.4. The molecule has 6 heteroatoms. The van der Waals surface area contributed by atoms with Crippen molar-refractivity contribution in [2.75, 3.05) is 13.2 Å². The van der Waals surface area contributed by atoms with Gasteiger partial charge >= 0.3 is 5.97 Å². The summed E-state index contributed by atoms with van der Waals surface area (Å²) in [4.78, 5) is 24.7. The molecule has 0 aliphatic carbocycles. The van der Waals surface area contributed by atoms with E-state index in [0.29, 0.717) is 25.9 Å². The average Bonchev–Trinajstić information content (AvgIpc) is 3.50. The van der Waals surface area contributed by atoms with E-state index < -0.39 is 12.1 Å². The summed E-state index contributed by atoms with van der Waals surface area (Å²) < 4.78 is 5.51. The molecule has 0 aromatic rings. The fourth-order valence-electron chi connectivity index (χ4n) is 12.6. The molecule has 3 N–H and O–H groups in total. The summed E-state index contributed by atoms with van der Waals surface area (Å²) in [5.41, 5.74) is 0. The smallest absolute Gasteiger partial charge is 0.305 e. The number of aliphatic hydroxyl groups excluding tert-OH is 2. The highest BCUT2D eigenvalue weighted by Gasteiger charge is 2.20. The second-order valence-corrected chi connectivity index (χ2v) is 27.0. The first-order chi connectivity index (χ1) is 42.0. The van der Waals surface area contributed by atoms with Crippen LogP contribution in [0.4, 0.5) is 0 Å². The molecule has 0 rings (SSSR count). The van der Waals surface area contributed by atoms with Gasteiger partial charge in [-0.15, -0.1) is 0 Å². The van der Waals surface area contributed by atoms with Gasteiger partial charge in [0, 0.05) is 12.8 Å². The van der Waals surface area contributed by atoms with E-state index in [4.69, 9.17) is 4.74 Å². The van der Waals surface area contributed by atoms with Gasteiger partial charge in [-0.1, -0.05) is 398 Å². The Hall–Kier alpha value is -1.66. The van der Waals surface area contributed by atoms with Crippen molar-refractivity contribution in [3.63, 3.8) is 0 Å². The first-order valence-corrected chi connectivity index (χ1v) is 39.1. The number of esters is 1. The van der Waals surface area contributed by atoms with E-state index in [9.17, 15) is 19.8 Å². The molecule has 0 heterocycles. The highest BCUT2D eigenvalue weighted by atomic mass is 16.5. The summed E-state index contributed by atoms with van der Waals surface area (Å²) in [6, 6.07) is -0.538. The number of allylic oxidation sites excluding steroid dienone is 4. The van der Waals surface area contributed by atoms with Crippen LogP contribution in [0.5, 0.6) is 0 Å². The third kappa shape index (κ3) is 71.3. The molecule has 0 aliphatic rings. The van der Waals surface area contributed by atoms with Crippen LogP contribution in [0.1, 0.15) is 444 Å². The molecule has 0 aromatic carbocycles. The van der Waals surface area contributed by atoms with Gasteiger partial charge in [0.1, 0.15) is 0 Å². The van der Waals surface area contributed by atoms with Gasteiger partial charge in [0.05, 0.1) is 25.4 Å². The molecule has 0 radical (unpaired) electrons. The lowest BCUT2D eigenvalue weighted by Crippen LogP contribution is -2.45. The number of rotatable bonds is 74. The number of nitrogens with one attached hydrogen (secondary N) is 1. The van der Waals surface area contributed by atoms with Crippen LogP contribution in [0.15, 0.2) is 24.3 Å². The second-order valence-electron chi connectivity index (χ2n) is 27.0. The van der Waals surface area contributed by atoms with Crippen LogP contribution >= 0.6 is 0 Å². The lowest BCUT2D eigenvalue weighted by Gasteiger charge is -2.22. The molecule has 0 spiro atoms. The van der Waals surface area contributed by atoms with Gasteiger partial charge in [0.2, 0.25) is 5.91 Å². The SMILES string of the molecule is CCCCCC/C=C\C/C=C\CCCCCCCCCC(=O)OCCCCCCCCCCCCCCCCCCCCCCCCCCCCCCCCCCCC(=O)NC(CO)C(O)CCCCCCCCCCCCCCCCCCC. The van der Waals surface area contributed by atoms with Crippen LogP contribution in [-0.4, -0.2) is 47.4 Å². The Morgan fingerprint density at radius 2 is 0.588 bits per heavy atom. The topological polar surface area (TPSA) is 95.9 Å². The molecule has 6 nitrogen and oxygen atoms in total. The number of unbranched alkanes of at least 4 members (excludes halogenated alkanes) is 59. The van der Waals surface area contributed by atoms with Crippen molar-refractivity contribution in [2.24, 2.45) is 0 Å². The zero-order chi connectivity index (χ0) is 61.3. The summed E-state index contributed by atoms with van der Waals surface area (Å²) in [6.07, 6.45) is 95.5. The zero-order valence-corrected chi connectivity index (χ0v) is 57.9. The second kappa shape index (κ2) is 74.8. The minimum absolute atomic E-state index is 0.0153. The molecule has 504 valence electrons. The van der Waals surface area contributed by atoms with E-state index in [0.717, 1.165) is 51.4 Å².